The Hall–Kier alpha value is -1.36. The number of hydrogen-bond acceptors (Lipinski definition) is 3. The molecule has 1 aromatic heterocycles. The van der Waals surface area contributed by atoms with E-state index < -0.39 is 0 Å². The summed E-state index contributed by atoms with van der Waals surface area (Å²) >= 11 is 0. The third-order valence-corrected chi connectivity index (χ3v) is 3.77. The van der Waals surface area contributed by atoms with E-state index in [2.05, 4.69) is 17.3 Å². The Kier molecular flexibility index (Phi) is 6.05. The van der Waals surface area contributed by atoms with Gasteiger partial charge in [0.1, 0.15) is 0 Å². The molecule has 20 heavy (non-hydrogen) atoms. The number of carbonyl (C=O) groups is 1. The van der Waals surface area contributed by atoms with Gasteiger partial charge in [-0.05, 0) is 31.7 Å². The van der Waals surface area contributed by atoms with Crippen LogP contribution >= 0.6 is 0 Å². The van der Waals surface area contributed by atoms with Crippen molar-refractivity contribution in [3.8, 4) is 0 Å². The molecule has 1 aromatic rings. The molecular formula is C15H26N4O. The number of likely N-dealkylation sites (tertiary alicyclic amines) is 1. The third-order valence-electron chi connectivity index (χ3n) is 3.77. The highest BCUT2D eigenvalue weighted by atomic mass is 16.2. The summed E-state index contributed by atoms with van der Waals surface area (Å²) in [6, 6.07) is 2.04. The predicted molar refractivity (Wildman–Crippen MR) is 79.3 cm³/mol. The van der Waals surface area contributed by atoms with E-state index in [1.54, 1.807) is 0 Å². The van der Waals surface area contributed by atoms with Gasteiger partial charge in [-0.25, -0.2) is 0 Å². The smallest absolute Gasteiger partial charge is 0.223 e. The topological polar surface area (TPSA) is 50.2 Å². The van der Waals surface area contributed by atoms with Crippen molar-refractivity contribution < 1.29 is 4.79 Å². The van der Waals surface area contributed by atoms with E-state index in [-0.39, 0.29) is 0 Å². The first-order valence-electron chi connectivity index (χ1n) is 7.80. The van der Waals surface area contributed by atoms with E-state index in [1.165, 1.54) is 12.1 Å². The second-order valence-electron chi connectivity index (χ2n) is 5.41. The monoisotopic (exact) mass is 278 g/mol. The average Bonchev–Trinajstić information content (AvgIpc) is 2.92. The molecule has 5 nitrogen and oxygen atoms in total. The van der Waals surface area contributed by atoms with Crippen molar-refractivity contribution in [1.29, 1.82) is 0 Å². The standard InChI is InChI=1S/C15H26N4O/c1-2-10-19-14(6-9-17-19)13-16-8-7-15(20)18-11-4-3-5-12-18/h6,9,16H,2-5,7-8,10-13H2,1H3. The lowest BCUT2D eigenvalue weighted by Gasteiger charge is -2.26. The number of carbonyl (C=O) groups excluding carboxylic acids is 1. The van der Waals surface area contributed by atoms with Gasteiger partial charge in [-0.3, -0.25) is 9.48 Å². The van der Waals surface area contributed by atoms with E-state index >= 15 is 0 Å². The van der Waals surface area contributed by atoms with Crippen molar-refractivity contribution in [1.82, 2.24) is 20.0 Å². The summed E-state index contributed by atoms with van der Waals surface area (Å²) in [5, 5.41) is 7.64. The average molecular weight is 278 g/mol. The Morgan fingerprint density at radius 2 is 2.15 bits per heavy atom. The van der Waals surface area contributed by atoms with Gasteiger partial charge >= 0.3 is 0 Å². The second-order valence-corrected chi connectivity index (χ2v) is 5.41. The number of aryl methyl sites for hydroxylation is 1. The number of amides is 1. The van der Waals surface area contributed by atoms with Crippen LogP contribution in [0.2, 0.25) is 0 Å². The first-order chi connectivity index (χ1) is 9.81. The van der Waals surface area contributed by atoms with Crippen LogP contribution < -0.4 is 5.32 Å². The molecule has 0 radical (unpaired) electrons. The zero-order valence-electron chi connectivity index (χ0n) is 12.5. The maximum Gasteiger partial charge on any atom is 0.223 e. The zero-order chi connectivity index (χ0) is 14.2. The fourth-order valence-electron chi connectivity index (χ4n) is 2.64. The fraction of sp³-hybridized carbons (Fsp3) is 0.733. The Balaban J connectivity index is 1.65. The number of piperidine rings is 1. The van der Waals surface area contributed by atoms with Crippen LogP contribution in [0.15, 0.2) is 12.3 Å². The normalized spacial score (nSPS) is 15.6. The van der Waals surface area contributed by atoms with E-state index in [9.17, 15) is 4.79 Å². The molecule has 2 heterocycles. The number of nitrogens with one attached hydrogen (secondary N) is 1. The van der Waals surface area contributed by atoms with Gasteiger partial charge in [0.2, 0.25) is 5.91 Å². The fourth-order valence-corrected chi connectivity index (χ4v) is 2.64. The van der Waals surface area contributed by atoms with Gasteiger partial charge in [0.05, 0.1) is 5.69 Å². The van der Waals surface area contributed by atoms with Gasteiger partial charge in [-0.15, -0.1) is 0 Å². The molecule has 0 bridgehead atoms. The minimum Gasteiger partial charge on any atom is -0.343 e. The Bertz CT molecular complexity index is 410. The van der Waals surface area contributed by atoms with Gasteiger partial charge in [0.15, 0.2) is 0 Å². The van der Waals surface area contributed by atoms with E-state index in [0.29, 0.717) is 12.3 Å². The molecule has 5 heteroatoms. The highest BCUT2D eigenvalue weighted by Crippen LogP contribution is 2.09. The van der Waals surface area contributed by atoms with Gasteiger partial charge in [-0.1, -0.05) is 6.92 Å². The Morgan fingerprint density at radius 3 is 2.90 bits per heavy atom. The first kappa shape index (κ1) is 15.0. The second kappa shape index (κ2) is 8.04. The van der Waals surface area contributed by atoms with Crippen LogP contribution in [0.3, 0.4) is 0 Å². The quantitative estimate of drug-likeness (QED) is 0.774. The lowest BCUT2D eigenvalue weighted by Crippen LogP contribution is -2.37. The van der Waals surface area contributed by atoms with Crippen LogP contribution in [0.5, 0.6) is 0 Å². The molecule has 0 atom stereocenters. The number of rotatable bonds is 7. The molecule has 0 spiro atoms. The van der Waals surface area contributed by atoms with E-state index in [1.807, 2.05) is 21.8 Å². The Labute approximate surface area is 121 Å². The van der Waals surface area contributed by atoms with Crippen molar-refractivity contribution in [2.24, 2.45) is 0 Å². The number of aromatic nitrogens is 2. The minimum atomic E-state index is 0.291. The van der Waals surface area contributed by atoms with Crippen LogP contribution in [-0.4, -0.2) is 40.2 Å². The highest BCUT2D eigenvalue weighted by molar-refractivity contribution is 5.76. The molecule has 1 fully saturated rings. The molecule has 1 aliphatic heterocycles. The van der Waals surface area contributed by atoms with Crippen molar-refractivity contribution >= 4 is 5.91 Å². The van der Waals surface area contributed by atoms with Crippen LogP contribution in [0.1, 0.15) is 44.7 Å². The van der Waals surface area contributed by atoms with Crippen LogP contribution in [0, 0.1) is 0 Å². The third kappa shape index (κ3) is 4.34. The van der Waals surface area contributed by atoms with Crippen LogP contribution in [0.25, 0.3) is 0 Å². The lowest BCUT2D eigenvalue weighted by molar-refractivity contribution is -0.131. The minimum absolute atomic E-state index is 0.291. The summed E-state index contributed by atoms with van der Waals surface area (Å²) in [7, 11) is 0. The van der Waals surface area contributed by atoms with Crippen molar-refractivity contribution in [3.63, 3.8) is 0 Å². The zero-order valence-corrected chi connectivity index (χ0v) is 12.5. The summed E-state index contributed by atoms with van der Waals surface area (Å²) in [6.45, 7) is 6.52. The van der Waals surface area contributed by atoms with Gasteiger partial charge in [0.25, 0.3) is 0 Å². The van der Waals surface area contributed by atoms with Gasteiger partial charge in [-0.2, -0.15) is 5.10 Å². The molecule has 0 unspecified atom stereocenters. The highest BCUT2D eigenvalue weighted by Gasteiger charge is 2.15. The largest absolute Gasteiger partial charge is 0.343 e. The van der Waals surface area contributed by atoms with Gasteiger partial charge in [0, 0.05) is 45.3 Å². The number of nitrogens with zero attached hydrogens (tertiary/aromatic N) is 3. The Morgan fingerprint density at radius 1 is 1.35 bits per heavy atom. The van der Waals surface area contributed by atoms with Crippen molar-refractivity contribution in [2.75, 3.05) is 19.6 Å². The van der Waals surface area contributed by atoms with Crippen LogP contribution in [0.4, 0.5) is 0 Å². The van der Waals surface area contributed by atoms with Crippen molar-refractivity contribution in [2.45, 2.75) is 52.1 Å². The number of hydrogen-bond donors (Lipinski definition) is 1. The molecule has 1 amide bonds. The van der Waals surface area contributed by atoms with Crippen molar-refractivity contribution in [3.05, 3.63) is 18.0 Å². The molecule has 1 N–H and O–H groups in total. The molecule has 2 rings (SSSR count). The summed E-state index contributed by atoms with van der Waals surface area (Å²) in [5.41, 5.74) is 1.19. The predicted octanol–water partition coefficient (Wildman–Crippen LogP) is 1.79. The first-order valence-corrected chi connectivity index (χ1v) is 7.80. The molecular weight excluding hydrogens is 252 g/mol. The molecule has 1 saturated heterocycles. The lowest BCUT2D eigenvalue weighted by atomic mass is 10.1. The molecule has 1 aliphatic rings. The van der Waals surface area contributed by atoms with E-state index in [0.717, 1.165) is 52.0 Å². The van der Waals surface area contributed by atoms with E-state index in [4.69, 9.17) is 0 Å². The summed E-state index contributed by atoms with van der Waals surface area (Å²) in [5.74, 6) is 0.291. The van der Waals surface area contributed by atoms with Crippen LogP contribution in [-0.2, 0) is 17.9 Å². The molecule has 0 saturated carbocycles. The summed E-state index contributed by atoms with van der Waals surface area (Å²) < 4.78 is 2.03. The molecule has 0 aliphatic carbocycles. The maximum atomic E-state index is 12.0. The summed E-state index contributed by atoms with van der Waals surface area (Å²) in [6.07, 6.45) is 7.11. The maximum absolute atomic E-state index is 12.0. The SMILES string of the molecule is CCCn1nccc1CNCCC(=O)N1CCCCC1. The molecule has 112 valence electrons. The summed E-state index contributed by atoms with van der Waals surface area (Å²) in [4.78, 5) is 14.0. The molecule has 0 aromatic carbocycles. The van der Waals surface area contributed by atoms with Gasteiger partial charge < -0.3 is 10.2 Å².